The topological polar surface area (TPSA) is 51.0 Å². The van der Waals surface area contributed by atoms with Crippen LogP contribution in [0.25, 0.3) is 11.5 Å². The van der Waals surface area contributed by atoms with E-state index in [4.69, 9.17) is 4.42 Å². The van der Waals surface area contributed by atoms with E-state index in [1.807, 2.05) is 19.2 Å². The Morgan fingerprint density at radius 3 is 2.82 bits per heavy atom. The molecule has 0 saturated heterocycles. The number of nitrogens with one attached hydrogen (secondary N) is 1. The summed E-state index contributed by atoms with van der Waals surface area (Å²) in [6.07, 6.45) is 3.52. The van der Waals surface area contributed by atoms with Gasteiger partial charge in [0.1, 0.15) is 17.3 Å². The molecule has 0 atom stereocenters. The zero-order valence-electron chi connectivity index (χ0n) is 9.83. The van der Waals surface area contributed by atoms with Gasteiger partial charge in [0.2, 0.25) is 0 Å². The average molecular weight is 296 g/mol. The molecule has 0 aliphatic carbocycles. The molecule has 2 aromatic rings. The minimum Gasteiger partial charge on any atom is -0.461 e. The molecule has 0 spiro atoms. The van der Waals surface area contributed by atoms with Crippen LogP contribution in [0, 0.1) is 0 Å². The van der Waals surface area contributed by atoms with Crippen molar-refractivity contribution in [3.63, 3.8) is 0 Å². The standard InChI is InChI=1S/C12H14BrN3O/c1-3-4-10-15-9(7-11(14-2)16-10)12-8(13)5-6-17-12/h5-7H,3-4H2,1-2H3,(H,14,15,16). The highest BCUT2D eigenvalue weighted by Crippen LogP contribution is 2.29. The van der Waals surface area contributed by atoms with Gasteiger partial charge in [-0.3, -0.25) is 0 Å². The Hall–Kier alpha value is -1.36. The predicted octanol–water partition coefficient (Wildman–Crippen LogP) is 3.49. The van der Waals surface area contributed by atoms with Crippen molar-refractivity contribution < 1.29 is 4.42 Å². The van der Waals surface area contributed by atoms with Gasteiger partial charge in [-0.15, -0.1) is 0 Å². The van der Waals surface area contributed by atoms with Crippen molar-refractivity contribution in [2.45, 2.75) is 19.8 Å². The Labute approximate surface area is 109 Å². The number of rotatable bonds is 4. The largest absolute Gasteiger partial charge is 0.461 e. The lowest BCUT2D eigenvalue weighted by molar-refractivity contribution is 0.578. The van der Waals surface area contributed by atoms with Crippen LogP contribution in [0.15, 0.2) is 27.3 Å². The summed E-state index contributed by atoms with van der Waals surface area (Å²) in [6, 6.07) is 3.73. The lowest BCUT2D eigenvalue weighted by Gasteiger charge is -2.06. The molecule has 2 aromatic heterocycles. The molecule has 2 heterocycles. The second kappa shape index (κ2) is 5.31. The van der Waals surface area contributed by atoms with E-state index in [1.54, 1.807) is 6.26 Å². The van der Waals surface area contributed by atoms with Crippen molar-refractivity contribution in [1.29, 1.82) is 0 Å². The molecule has 2 rings (SSSR count). The first-order chi connectivity index (χ1) is 8.24. The van der Waals surface area contributed by atoms with Crippen LogP contribution in [0.1, 0.15) is 19.2 Å². The van der Waals surface area contributed by atoms with E-state index < -0.39 is 0 Å². The summed E-state index contributed by atoms with van der Waals surface area (Å²) in [6.45, 7) is 2.11. The van der Waals surface area contributed by atoms with Gasteiger partial charge in [0.25, 0.3) is 0 Å². The fraction of sp³-hybridized carbons (Fsp3) is 0.333. The van der Waals surface area contributed by atoms with Gasteiger partial charge >= 0.3 is 0 Å². The van der Waals surface area contributed by atoms with Crippen LogP contribution < -0.4 is 5.32 Å². The summed E-state index contributed by atoms with van der Waals surface area (Å²) >= 11 is 3.44. The predicted molar refractivity (Wildman–Crippen MR) is 71.0 cm³/mol. The van der Waals surface area contributed by atoms with Crippen LogP contribution in [0.5, 0.6) is 0 Å². The maximum Gasteiger partial charge on any atom is 0.166 e. The summed E-state index contributed by atoms with van der Waals surface area (Å²) in [5.74, 6) is 2.38. The Bertz CT molecular complexity index is 510. The van der Waals surface area contributed by atoms with Crippen molar-refractivity contribution in [1.82, 2.24) is 9.97 Å². The van der Waals surface area contributed by atoms with Gasteiger partial charge in [0.05, 0.1) is 10.7 Å². The van der Waals surface area contributed by atoms with Crippen molar-refractivity contribution in [2.75, 3.05) is 12.4 Å². The van der Waals surface area contributed by atoms with Crippen molar-refractivity contribution >= 4 is 21.7 Å². The number of halogens is 1. The molecule has 0 aliphatic rings. The van der Waals surface area contributed by atoms with Gasteiger partial charge in [-0.05, 0) is 28.4 Å². The quantitative estimate of drug-likeness (QED) is 0.938. The molecule has 4 nitrogen and oxygen atoms in total. The summed E-state index contributed by atoms with van der Waals surface area (Å²) in [5.41, 5.74) is 0.796. The van der Waals surface area contributed by atoms with Crippen molar-refractivity contribution in [2.24, 2.45) is 0 Å². The molecule has 5 heteroatoms. The monoisotopic (exact) mass is 295 g/mol. The number of hydrogen-bond acceptors (Lipinski definition) is 4. The van der Waals surface area contributed by atoms with Crippen molar-refractivity contribution in [3.05, 3.63) is 28.7 Å². The first-order valence-corrected chi connectivity index (χ1v) is 6.33. The highest BCUT2D eigenvalue weighted by molar-refractivity contribution is 9.10. The number of hydrogen-bond donors (Lipinski definition) is 1. The van der Waals surface area contributed by atoms with Gasteiger partial charge in [0, 0.05) is 19.5 Å². The lowest BCUT2D eigenvalue weighted by Crippen LogP contribution is -2.01. The van der Waals surface area contributed by atoms with Crippen LogP contribution in [0.4, 0.5) is 5.82 Å². The number of aryl methyl sites for hydroxylation is 1. The fourth-order valence-electron chi connectivity index (χ4n) is 1.55. The third-order valence-electron chi connectivity index (χ3n) is 2.35. The van der Waals surface area contributed by atoms with Crippen LogP contribution >= 0.6 is 15.9 Å². The van der Waals surface area contributed by atoms with E-state index in [0.29, 0.717) is 0 Å². The molecular weight excluding hydrogens is 282 g/mol. The molecule has 0 bridgehead atoms. The number of nitrogens with zero attached hydrogens (tertiary/aromatic N) is 2. The molecule has 0 radical (unpaired) electrons. The molecule has 0 amide bonds. The second-order valence-corrected chi connectivity index (χ2v) is 4.51. The van der Waals surface area contributed by atoms with E-state index in [-0.39, 0.29) is 0 Å². The Morgan fingerprint density at radius 1 is 1.41 bits per heavy atom. The summed E-state index contributed by atoms with van der Waals surface area (Å²) in [4.78, 5) is 8.90. The summed E-state index contributed by atoms with van der Waals surface area (Å²) in [5, 5.41) is 3.04. The van der Waals surface area contributed by atoms with Crippen LogP contribution in [-0.4, -0.2) is 17.0 Å². The van der Waals surface area contributed by atoms with E-state index in [9.17, 15) is 0 Å². The highest BCUT2D eigenvalue weighted by atomic mass is 79.9. The third kappa shape index (κ3) is 2.66. The number of aromatic nitrogens is 2. The lowest BCUT2D eigenvalue weighted by atomic mass is 10.2. The van der Waals surface area contributed by atoms with Crippen LogP contribution in [0.3, 0.4) is 0 Å². The average Bonchev–Trinajstić information content (AvgIpc) is 2.75. The molecule has 90 valence electrons. The van der Waals surface area contributed by atoms with E-state index in [1.165, 1.54) is 0 Å². The van der Waals surface area contributed by atoms with Gasteiger partial charge < -0.3 is 9.73 Å². The van der Waals surface area contributed by atoms with Gasteiger partial charge in [-0.1, -0.05) is 6.92 Å². The highest BCUT2D eigenvalue weighted by Gasteiger charge is 2.11. The molecule has 1 N–H and O–H groups in total. The molecule has 0 saturated carbocycles. The molecule has 0 aromatic carbocycles. The zero-order chi connectivity index (χ0) is 12.3. The summed E-state index contributed by atoms with van der Waals surface area (Å²) in [7, 11) is 1.85. The first kappa shape index (κ1) is 12.1. The number of anilines is 1. The maximum atomic E-state index is 5.42. The molecule has 0 aliphatic heterocycles. The third-order valence-corrected chi connectivity index (χ3v) is 2.98. The SMILES string of the molecule is CCCc1nc(NC)cc(-c2occc2Br)n1. The Morgan fingerprint density at radius 2 is 2.24 bits per heavy atom. The minimum absolute atomic E-state index is 0.737. The van der Waals surface area contributed by atoms with E-state index in [0.717, 1.165) is 40.4 Å². The number of furan rings is 1. The van der Waals surface area contributed by atoms with Gasteiger partial charge in [-0.25, -0.2) is 9.97 Å². The minimum atomic E-state index is 0.737. The first-order valence-electron chi connectivity index (χ1n) is 5.53. The van der Waals surface area contributed by atoms with Crippen LogP contribution in [-0.2, 0) is 6.42 Å². The Balaban J connectivity index is 2.46. The molecule has 0 fully saturated rings. The second-order valence-electron chi connectivity index (χ2n) is 3.65. The van der Waals surface area contributed by atoms with E-state index in [2.05, 4.69) is 38.1 Å². The molecular formula is C12H14BrN3O. The molecule has 17 heavy (non-hydrogen) atoms. The van der Waals surface area contributed by atoms with Crippen molar-refractivity contribution in [3.8, 4) is 11.5 Å². The van der Waals surface area contributed by atoms with E-state index >= 15 is 0 Å². The molecule has 0 unspecified atom stereocenters. The fourth-order valence-corrected chi connectivity index (χ4v) is 1.96. The zero-order valence-corrected chi connectivity index (χ0v) is 11.4. The summed E-state index contributed by atoms with van der Waals surface area (Å²) < 4.78 is 6.32. The van der Waals surface area contributed by atoms with Crippen LogP contribution in [0.2, 0.25) is 0 Å². The van der Waals surface area contributed by atoms with Gasteiger partial charge in [0.15, 0.2) is 5.76 Å². The normalized spacial score (nSPS) is 10.5. The Kier molecular flexibility index (Phi) is 3.78. The maximum absolute atomic E-state index is 5.42. The smallest absolute Gasteiger partial charge is 0.166 e. The van der Waals surface area contributed by atoms with Gasteiger partial charge in [-0.2, -0.15) is 0 Å².